The van der Waals surface area contributed by atoms with Gasteiger partial charge in [0.15, 0.2) is 0 Å². The van der Waals surface area contributed by atoms with Crippen molar-refractivity contribution in [3.63, 3.8) is 0 Å². The molecule has 0 bridgehead atoms. The van der Waals surface area contributed by atoms with E-state index in [1.165, 1.54) is 0 Å². The highest BCUT2D eigenvalue weighted by atomic mass is 16.2. The molecular formula is C34H34N8O2. The van der Waals surface area contributed by atoms with Crippen molar-refractivity contribution in [3.05, 3.63) is 145 Å². The van der Waals surface area contributed by atoms with E-state index in [4.69, 9.17) is 0 Å². The molecule has 0 spiro atoms. The van der Waals surface area contributed by atoms with E-state index in [0.29, 0.717) is 37.6 Å². The minimum absolute atomic E-state index is 0.108. The molecular weight excluding hydrogens is 552 g/mol. The average Bonchev–Trinajstić information content (AvgIpc) is 3.04. The van der Waals surface area contributed by atoms with Gasteiger partial charge in [-0.3, -0.25) is 39.3 Å². The standard InChI is InChI=1S/C34H34N8O2/c43-33(25-41(21-27-11-3-7-17-35-27)22-28-12-4-8-18-36-28)39-31-15-1-2-16-32(31)40-34(44)26-42(23-29-13-5-9-19-37-29)24-30-14-6-10-20-38-30/h1-20H,21-26H2,(H,39,43)(H,40,44). The molecule has 1 aromatic carbocycles. The number of anilines is 2. The zero-order chi connectivity index (χ0) is 30.4. The predicted molar refractivity (Wildman–Crippen MR) is 169 cm³/mol. The summed E-state index contributed by atoms with van der Waals surface area (Å²) in [6.45, 7) is 2.13. The largest absolute Gasteiger partial charge is 0.323 e. The lowest BCUT2D eigenvalue weighted by atomic mass is 10.2. The lowest BCUT2D eigenvalue weighted by molar-refractivity contribution is -0.118. The Kier molecular flexibility index (Phi) is 10.8. The predicted octanol–water partition coefficient (Wildman–Crippen LogP) is 4.55. The van der Waals surface area contributed by atoms with Gasteiger partial charge >= 0.3 is 0 Å². The molecule has 10 heteroatoms. The van der Waals surface area contributed by atoms with Crippen molar-refractivity contribution in [2.75, 3.05) is 23.7 Å². The summed E-state index contributed by atoms with van der Waals surface area (Å²) >= 11 is 0. The number of pyridine rings is 4. The van der Waals surface area contributed by atoms with Crippen molar-refractivity contribution >= 4 is 23.2 Å². The van der Waals surface area contributed by atoms with Crippen LogP contribution in [0.4, 0.5) is 11.4 Å². The molecule has 0 saturated carbocycles. The SMILES string of the molecule is O=C(CN(Cc1ccccn1)Cc1ccccn1)Nc1ccccc1NC(=O)CN(Cc1ccccn1)Cc1ccccn1. The molecule has 4 heterocycles. The molecule has 222 valence electrons. The smallest absolute Gasteiger partial charge is 0.238 e. The maximum Gasteiger partial charge on any atom is 0.238 e. The zero-order valence-corrected chi connectivity index (χ0v) is 24.3. The van der Waals surface area contributed by atoms with Gasteiger partial charge in [0, 0.05) is 51.0 Å². The van der Waals surface area contributed by atoms with E-state index >= 15 is 0 Å². The Morgan fingerprint density at radius 3 is 1.02 bits per heavy atom. The first-order valence-corrected chi connectivity index (χ1v) is 14.3. The van der Waals surface area contributed by atoms with Crippen molar-refractivity contribution in [2.45, 2.75) is 26.2 Å². The van der Waals surface area contributed by atoms with E-state index in [1.54, 1.807) is 36.9 Å². The van der Waals surface area contributed by atoms with Crippen LogP contribution in [0.5, 0.6) is 0 Å². The van der Waals surface area contributed by atoms with E-state index < -0.39 is 0 Å². The number of nitrogens with zero attached hydrogens (tertiary/aromatic N) is 6. The first kappa shape index (κ1) is 30.1. The number of hydrogen-bond donors (Lipinski definition) is 2. The van der Waals surface area contributed by atoms with Gasteiger partial charge in [0.1, 0.15) is 0 Å². The van der Waals surface area contributed by atoms with Gasteiger partial charge in [-0.05, 0) is 60.7 Å². The van der Waals surface area contributed by atoms with Crippen LogP contribution in [0.2, 0.25) is 0 Å². The molecule has 0 fully saturated rings. The van der Waals surface area contributed by atoms with Gasteiger partial charge < -0.3 is 10.6 Å². The van der Waals surface area contributed by atoms with Crippen LogP contribution in [0.1, 0.15) is 22.8 Å². The number of benzene rings is 1. The van der Waals surface area contributed by atoms with Gasteiger partial charge in [-0.2, -0.15) is 0 Å². The molecule has 0 unspecified atom stereocenters. The van der Waals surface area contributed by atoms with Crippen LogP contribution in [0.3, 0.4) is 0 Å². The van der Waals surface area contributed by atoms with Crippen LogP contribution >= 0.6 is 0 Å². The molecule has 2 N–H and O–H groups in total. The number of para-hydroxylation sites is 2. The number of carbonyl (C=O) groups excluding carboxylic acids is 2. The fourth-order valence-electron chi connectivity index (χ4n) is 4.71. The number of aromatic nitrogens is 4. The summed E-state index contributed by atoms with van der Waals surface area (Å²) < 4.78 is 0. The number of hydrogen-bond acceptors (Lipinski definition) is 8. The molecule has 0 atom stereocenters. The molecule has 0 aliphatic heterocycles. The third-order valence-corrected chi connectivity index (χ3v) is 6.66. The van der Waals surface area contributed by atoms with Crippen LogP contribution in [0, 0.1) is 0 Å². The third-order valence-electron chi connectivity index (χ3n) is 6.66. The second kappa shape index (κ2) is 15.8. The Bertz CT molecular complexity index is 1400. The van der Waals surface area contributed by atoms with E-state index in [9.17, 15) is 9.59 Å². The minimum Gasteiger partial charge on any atom is -0.323 e. The van der Waals surface area contributed by atoms with E-state index in [2.05, 4.69) is 30.6 Å². The first-order chi connectivity index (χ1) is 21.6. The van der Waals surface area contributed by atoms with Crippen molar-refractivity contribution < 1.29 is 9.59 Å². The van der Waals surface area contributed by atoms with Gasteiger partial charge in [-0.1, -0.05) is 36.4 Å². The average molecular weight is 587 g/mol. The summed E-state index contributed by atoms with van der Waals surface area (Å²) in [7, 11) is 0. The highest BCUT2D eigenvalue weighted by Crippen LogP contribution is 2.21. The summed E-state index contributed by atoms with van der Waals surface area (Å²) in [6, 6.07) is 30.0. The normalized spacial score (nSPS) is 11.0. The Morgan fingerprint density at radius 1 is 0.455 bits per heavy atom. The van der Waals surface area contributed by atoms with Gasteiger partial charge in [-0.25, -0.2) is 0 Å². The molecule has 2 amide bonds. The van der Waals surface area contributed by atoms with Gasteiger partial charge in [0.05, 0.1) is 47.2 Å². The summed E-state index contributed by atoms with van der Waals surface area (Å²) in [5.41, 5.74) is 4.44. The maximum absolute atomic E-state index is 13.3. The Labute approximate surface area is 256 Å². The number of amides is 2. The van der Waals surface area contributed by atoms with Gasteiger partial charge in [0.25, 0.3) is 0 Å². The summed E-state index contributed by atoms with van der Waals surface area (Å²) in [5.74, 6) is -0.434. The minimum atomic E-state index is -0.217. The quantitative estimate of drug-likeness (QED) is 0.195. The second-order valence-corrected chi connectivity index (χ2v) is 10.2. The Balaban J connectivity index is 1.24. The Hall–Kier alpha value is -5.32. The third kappa shape index (κ3) is 9.62. The van der Waals surface area contributed by atoms with Crippen molar-refractivity contribution in [3.8, 4) is 0 Å². The molecule has 0 aliphatic carbocycles. The monoisotopic (exact) mass is 586 g/mol. The van der Waals surface area contributed by atoms with Crippen molar-refractivity contribution in [2.24, 2.45) is 0 Å². The number of nitrogens with one attached hydrogen (secondary N) is 2. The summed E-state index contributed by atoms with van der Waals surface area (Å²) in [6.07, 6.45) is 6.95. The van der Waals surface area contributed by atoms with E-state index in [1.807, 2.05) is 94.7 Å². The second-order valence-electron chi connectivity index (χ2n) is 10.2. The lowest BCUT2D eigenvalue weighted by Gasteiger charge is -2.22. The maximum atomic E-state index is 13.3. The van der Waals surface area contributed by atoms with Crippen molar-refractivity contribution in [1.82, 2.24) is 29.7 Å². The number of rotatable bonds is 14. The van der Waals surface area contributed by atoms with Gasteiger partial charge in [0.2, 0.25) is 11.8 Å². The summed E-state index contributed by atoms with van der Waals surface area (Å²) in [5, 5.41) is 5.96. The van der Waals surface area contributed by atoms with E-state index in [0.717, 1.165) is 22.8 Å². The molecule has 0 saturated heterocycles. The molecule has 10 nitrogen and oxygen atoms in total. The Morgan fingerprint density at radius 2 is 0.750 bits per heavy atom. The fourth-order valence-corrected chi connectivity index (χ4v) is 4.71. The molecule has 5 rings (SSSR count). The van der Waals surface area contributed by atoms with Crippen LogP contribution in [0.15, 0.2) is 122 Å². The summed E-state index contributed by atoms with van der Waals surface area (Å²) in [4.78, 5) is 48.2. The molecule has 44 heavy (non-hydrogen) atoms. The molecule has 0 radical (unpaired) electrons. The van der Waals surface area contributed by atoms with Crippen LogP contribution in [0.25, 0.3) is 0 Å². The zero-order valence-electron chi connectivity index (χ0n) is 24.3. The fraction of sp³-hybridized carbons (Fsp3) is 0.176. The van der Waals surface area contributed by atoms with Crippen LogP contribution < -0.4 is 10.6 Å². The highest BCUT2D eigenvalue weighted by molar-refractivity contribution is 6.00. The van der Waals surface area contributed by atoms with Crippen LogP contribution in [-0.4, -0.2) is 54.6 Å². The molecule has 0 aliphatic rings. The van der Waals surface area contributed by atoms with Crippen molar-refractivity contribution in [1.29, 1.82) is 0 Å². The molecule has 5 aromatic rings. The lowest BCUT2D eigenvalue weighted by Crippen LogP contribution is -2.34. The number of carbonyl (C=O) groups is 2. The van der Waals surface area contributed by atoms with E-state index in [-0.39, 0.29) is 24.9 Å². The topological polar surface area (TPSA) is 116 Å². The first-order valence-electron chi connectivity index (χ1n) is 14.3. The van der Waals surface area contributed by atoms with Crippen LogP contribution in [-0.2, 0) is 35.8 Å². The van der Waals surface area contributed by atoms with Gasteiger partial charge in [-0.15, -0.1) is 0 Å². The molecule has 4 aromatic heterocycles. The highest BCUT2D eigenvalue weighted by Gasteiger charge is 2.17.